The Balaban J connectivity index is 0.982. The second-order valence-electron chi connectivity index (χ2n) is 19.4. The number of nitrogens with zero attached hydrogens (tertiary/aromatic N) is 2. The molecular weight excluding hydrogens is 847 g/mol. The topological polar surface area (TPSA) is 51.7 Å². The summed E-state index contributed by atoms with van der Waals surface area (Å²) in [6.45, 7) is 0.762. The lowest BCUT2D eigenvalue weighted by atomic mass is 9.78. The molecule has 0 amide bonds. The molecule has 4 aromatic rings. The third-order valence-corrected chi connectivity index (χ3v) is 16.5. The van der Waals surface area contributed by atoms with Gasteiger partial charge in [0.25, 0.3) is 0 Å². The van der Waals surface area contributed by atoms with Crippen molar-refractivity contribution in [2.45, 2.75) is 75.7 Å². The maximum absolute atomic E-state index is 5.66. The number of amidine groups is 1. The van der Waals surface area contributed by atoms with Crippen molar-refractivity contribution in [3.63, 3.8) is 0 Å². The Kier molecular flexibility index (Phi) is 10.8. The smallest absolute Gasteiger partial charge is 0.131 e. The van der Waals surface area contributed by atoms with Gasteiger partial charge in [-0.1, -0.05) is 158 Å². The van der Waals surface area contributed by atoms with Gasteiger partial charge in [-0.3, -0.25) is 5.32 Å². The van der Waals surface area contributed by atoms with E-state index in [1.807, 2.05) is 11.3 Å². The number of allylic oxidation sites excluding steroid dienone is 18. The van der Waals surface area contributed by atoms with Crippen molar-refractivity contribution in [1.29, 1.82) is 0 Å². The highest BCUT2D eigenvalue weighted by Crippen LogP contribution is 2.51. The largest absolute Gasteiger partial charge is 0.380 e. The molecule has 3 N–H and O–H groups in total. The highest BCUT2D eigenvalue weighted by molar-refractivity contribution is 7.25. The predicted molar refractivity (Wildman–Crippen MR) is 287 cm³/mol. The van der Waals surface area contributed by atoms with Crippen LogP contribution >= 0.6 is 11.3 Å². The minimum absolute atomic E-state index is 0.00277. The average molecular weight is 904 g/mol. The van der Waals surface area contributed by atoms with Crippen LogP contribution in [-0.2, 0) is 0 Å². The quantitative estimate of drug-likeness (QED) is 0.165. The SMILES string of the molecule is C1=CCCC(C2=CCC(C3=CC(C4N=C(C5=CCCC=C5)NC(C5C=CC=CC5)N4)=C(c4cccc5sc6cc7c(cc6c45)C4C=CC=CC4N7C4=CCCC=C4)NC3)C=C2c2ccccc2)=C1. The van der Waals surface area contributed by atoms with E-state index in [2.05, 4.69) is 203 Å². The van der Waals surface area contributed by atoms with Crippen LogP contribution in [0.1, 0.15) is 74.0 Å². The number of benzene rings is 3. The van der Waals surface area contributed by atoms with Gasteiger partial charge in [-0.05, 0) is 109 Å². The second kappa shape index (κ2) is 17.7. The lowest BCUT2D eigenvalue weighted by molar-refractivity contribution is 0.344. The van der Waals surface area contributed by atoms with E-state index in [9.17, 15) is 0 Å². The molecule has 3 aromatic carbocycles. The molecule has 68 heavy (non-hydrogen) atoms. The van der Waals surface area contributed by atoms with E-state index < -0.39 is 0 Å². The first-order valence-electron chi connectivity index (χ1n) is 25.1. The number of rotatable bonds is 8. The molecule has 9 aliphatic rings. The van der Waals surface area contributed by atoms with E-state index in [0.717, 1.165) is 63.7 Å². The van der Waals surface area contributed by atoms with Gasteiger partial charge < -0.3 is 15.5 Å². The summed E-state index contributed by atoms with van der Waals surface area (Å²) < 4.78 is 2.64. The summed E-state index contributed by atoms with van der Waals surface area (Å²) in [6, 6.07) is 23.3. The minimum atomic E-state index is -0.286. The van der Waals surface area contributed by atoms with Gasteiger partial charge in [0.2, 0.25) is 0 Å². The first kappa shape index (κ1) is 41.5. The summed E-state index contributed by atoms with van der Waals surface area (Å²) in [6.07, 6.45) is 54.9. The molecule has 336 valence electrons. The van der Waals surface area contributed by atoms with Crippen LogP contribution in [0.15, 0.2) is 221 Å². The van der Waals surface area contributed by atoms with E-state index in [0.29, 0.717) is 5.92 Å². The number of aliphatic imine (C=N–C) groups is 1. The molecule has 6 heteroatoms. The monoisotopic (exact) mass is 903 g/mol. The molecule has 0 saturated carbocycles. The molecule has 0 saturated heterocycles. The zero-order valence-electron chi connectivity index (χ0n) is 38.5. The third kappa shape index (κ3) is 7.46. The molecule has 6 atom stereocenters. The first-order chi connectivity index (χ1) is 33.7. The lowest BCUT2D eigenvalue weighted by Crippen LogP contribution is -2.58. The fraction of sp³-hybridized carbons (Fsp3) is 0.242. The standard InChI is InChI=1S/C62H57N5S/c1-6-19-40(20-7-1)47-34-33-44(35-50(47)41-21-8-2-9-22-41)45-36-53(62-65-60(42-23-10-3-11-24-42)64-61(66-62)43-25-12-4-13-26-43)59(63-39-45)49-30-18-32-56-58(49)52-37-51-48-29-16-17-31-54(48)67(46-27-14-5-15-28-46)55(51)38-57(52)68-56/h1-3,6,8-12,14,16-19,21-23,25-32,34-38,42,44,48,54,60,62-63,65H,4-5,7,13,15,20,24,33,39H2,(H,64,66). The highest BCUT2D eigenvalue weighted by atomic mass is 32.1. The third-order valence-electron chi connectivity index (χ3n) is 15.3. The Labute approximate surface area is 404 Å². The number of dihydropyridines is 1. The van der Waals surface area contributed by atoms with Crippen LogP contribution in [0.5, 0.6) is 0 Å². The second-order valence-corrected chi connectivity index (χ2v) is 20.5. The van der Waals surface area contributed by atoms with Gasteiger partial charge in [0.1, 0.15) is 12.0 Å². The summed E-state index contributed by atoms with van der Waals surface area (Å²) in [5.74, 6) is 1.79. The van der Waals surface area contributed by atoms with Gasteiger partial charge in [-0.15, -0.1) is 11.3 Å². The van der Waals surface area contributed by atoms with Gasteiger partial charge in [-0.2, -0.15) is 0 Å². The maximum Gasteiger partial charge on any atom is 0.131 e. The van der Waals surface area contributed by atoms with Crippen LogP contribution in [0, 0.1) is 11.8 Å². The van der Waals surface area contributed by atoms with Crippen LogP contribution in [0.3, 0.4) is 0 Å². The highest BCUT2D eigenvalue weighted by Gasteiger charge is 2.39. The van der Waals surface area contributed by atoms with Crippen molar-refractivity contribution in [3.8, 4) is 0 Å². The molecule has 3 aliphatic heterocycles. The Morgan fingerprint density at radius 3 is 2.47 bits per heavy atom. The molecule has 5 nitrogen and oxygen atoms in total. The fourth-order valence-electron chi connectivity index (χ4n) is 12.0. The minimum Gasteiger partial charge on any atom is -0.380 e. The van der Waals surface area contributed by atoms with Crippen molar-refractivity contribution < 1.29 is 0 Å². The Hall–Kier alpha value is -6.73. The molecule has 13 rings (SSSR count). The van der Waals surface area contributed by atoms with Crippen molar-refractivity contribution in [1.82, 2.24) is 16.0 Å². The summed E-state index contributed by atoms with van der Waals surface area (Å²) in [7, 11) is 0. The lowest BCUT2D eigenvalue weighted by Gasteiger charge is -2.38. The van der Waals surface area contributed by atoms with Crippen LogP contribution < -0.4 is 20.9 Å². The van der Waals surface area contributed by atoms with E-state index in [-0.39, 0.29) is 30.2 Å². The normalized spacial score (nSPS) is 27.2. The van der Waals surface area contributed by atoms with Crippen molar-refractivity contribution in [2.24, 2.45) is 16.8 Å². The van der Waals surface area contributed by atoms with Crippen LogP contribution in [0.2, 0.25) is 0 Å². The van der Waals surface area contributed by atoms with Crippen LogP contribution in [0.4, 0.5) is 5.69 Å². The number of hydrogen-bond acceptors (Lipinski definition) is 6. The Bertz CT molecular complexity index is 3220. The molecule has 6 unspecified atom stereocenters. The summed E-state index contributed by atoms with van der Waals surface area (Å²) >= 11 is 1.93. The van der Waals surface area contributed by atoms with Gasteiger partial charge >= 0.3 is 0 Å². The zero-order chi connectivity index (χ0) is 45.0. The van der Waals surface area contributed by atoms with Gasteiger partial charge in [0.05, 0.1) is 12.2 Å². The summed E-state index contributed by atoms with van der Waals surface area (Å²) in [4.78, 5) is 8.26. The number of hydrogen-bond donors (Lipinski definition) is 3. The van der Waals surface area contributed by atoms with E-state index in [4.69, 9.17) is 4.99 Å². The molecule has 1 aromatic heterocycles. The number of anilines is 1. The van der Waals surface area contributed by atoms with Gasteiger partial charge in [-0.25, -0.2) is 4.99 Å². The van der Waals surface area contributed by atoms with E-state index >= 15 is 0 Å². The van der Waals surface area contributed by atoms with Crippen molar-refractivity contribution in [2.75, 3.05) is 11.4 Å². The van der Waals surface area contributed by atoms with E-state index in [1.165, 1.54) is 87.4 Å². The molecular formula is C62H57N5S. The molecule has 0 radical (unpaired) electrons. The van der Waals surface area contributed by atoms with Gasteiger partial charge in [0, 0.05) is 78.3 Å². The van der Waals surface area contributed by atoms with Crippen LogP contribution in [-0.4, -0.2) is 30.8 Å². The van der Waals surface area contributed by atoms with Crippen LogP contribution in [0.25, 0.3) is 31.4 Å². The molecule has 4 heterocycles. The molecule has 0 spiro atoms. The molecule has 6 aliphatic carbocycles. The summed E-state index contributed by atoms with van der Waals surface area (Å²) in [5, 5.41) is 14.8. The Morgan fingerprint density at radius 1 is 0.735 bits per heavy atom. The summed E-state index contributed by atoms with van der Waals surface area (Å²) in [5.41, 5.74) is 15.7. The van der Waals surface area contributed by atoms with Crippen molar-refractivity contribution >= 4 is 54.3 Å². The predicted octanol–water partition coefficient (Wildman–Crippen LogP) is 13.9. The average Bonchev–Trinajstić information content (AvgIpc) is 3.95. The zero-order valence-corrected chi connectivity index (χ0v) is 39.3. The molecule has 0 bridgehead atoms. The number of fused-ring (bicyclic) bond motifs is 6. The van der Waals surface area contributed by atoms with Crippen molar-refractivity contribution in [3.05, 3.63) is 232 Å². The fourth-order valence-corrected chi connectivity index (χ4v) is 13.1. The Morgan fingerprint density at radius 2 is 1.63 bits per heavy atom. The van der Waals surface area contributed by atoms with E-state index in [1.54, 1.807) is 0 Å². The molecule has 0 fully saturated rings. The first-order valence-corrected chi connectivity index (χ1v) is 25.9. The maximum atomic E-state index is 5.66. The number of nitrogens with one attached hydrogen (secondary N) is 3. The van der Waals surface area contributed by atoms with Gasteiger partial charge in [0.15, 0.2) is 0 Å². The number of thiophene rings is 1.